The van der Waals surface area contributed by atoms with E-state index in [0.29, 0.717) is 0 Å². The number of aryl methyl sites for hydroxylation is 1. The second kappa shape index (κ2) is 6.17. The van der Waals surface area contributed by atoms with Crippen molar-refractivity contribution in [3.63, 3.8) is 0 Å². The molecule has 0 aliphatic carbocycles. The smallest absolute Gasteiger partial charge is 0.111 e. The molecule has 2 rings (SSSR count). The van der Waals surface area contributed by atoms with E-state index in [4.69, 9.17) is 10.7 Å². The molecule has 0 aliphatic rings. The first kappa shape index (κ1) is 14.0. The normalized spacial score (nSPS) is 13.3. The molecule has 1 unspecified atom stereocenters. The van der Waals surface area contributed by atoms with E-state index in [2.05, 4.69) is 48.7 Å². The van der Waals surface area contributed by atoms with Crippen molar-refractivity contribution < 1.29 is 0 Å². The third-order valence-corrected chi connectivity index (χ3v) is 3.44. The van der Waals surface area contributed by atoms with Crippen LogP contribution in [0.1, 0.15) is 19.2 Å². The van der Waals surface area contributed by atoms with Crippen LogP contribution in [0.15, 0.2) is 24.3 Å². The number of rotatable bonds is 6. The summed E-state index contributed by atoms with van der Waals surface area (Å²) in [5, 5.41) is 0. The summed E-state index contributed by atoms with van der Waals surface area (Å²) >= 11 is 0. The summed E-state index contributed by atoms with van der Waals surface area (Å²) < 4.78 is 2.27. The summed E-state index contributed by atoms with van der Waals surface area (Å²) in [4.78, 5) is 6.89. The van der Waals surface area contributed by atoms with Crippen molar-refractivity contribution in [2.24, 2.45) is 5.73 Å². The second-order valence-corrected chi connectivity index (χ2v) is 5.32. The van der Waals surface area contributed by atoms with Crippen LogP contribution in [0.2, 0.25) is 0 Å². The Labute approximate surface area is 115 Å². The predicted molar refractivity (Wildman–Crippen MR) is 80.3 cm³/mol. The van der Waals surface area contributed by atoms with Crippen LogP contribution in [-0.4, -0.2) is 41.1 Å². The Hall–Kier alpha value is -1.39. The third kappa shape index (κ3) is 3.33. The van der Waals surface area contributed by atoms with Gasteiger partial charge in [-0.1, -0.05) is 12.1 Å². The summed E-state index contributed by atoms with van der Waals surface area (Å²) in [6, 6.07) is 8.46. The lowest BCUT2D eigenvalue weighted by atomic mass is 10.1. The summed E-state index contributed by atoms with van der Waals surface area (Å²) in [5.41, 5.74) is 8.50. The fraction of sp³-hybridized carbons (Fsp3) is 0.533. The number of hydrogen-bond acceptors (Lipinski definition) is 3. The quantitative estimate of drug-likeness (QED) is 0.862. The number of aromatic nitrogens is 2. The van der Waals surface area contributed by atoms with E-state index < -0.39 is 0 Å². The molecule has 1 heterocycles. The zero-order valence-corrected chi connectivity index (χ0v) is 12.1. The highest BCUT2D eigenvalue weighted by Gasteiger charge is 2.12. The van der Waals surface area contributed by atoms with Crippen LogP contribution in [0.4, 0.5) is 0 Å². The van der Waals surface area contributed by atoms with Crippen LogP contribution >= 0.6 is 0 Å². The van der Waals surface area contributed by atoms with Crippen LogP contribution in [0.5, 0.6) is 0 Å². The van der Waals surface area contributed by atoms with Crippen molar-refractivity contribution >= 4 is 11.0 Å². The summed E-state index contributed by atoms with van der Waals surface area (Å²) in [5.74, 6) is 1.11. The second-order valence-electron chi connectivity index (χ2n) is 5.32. The lowest BCUT2D eigenvalue weighted by Gasteiger charge is -2.15. The van der Waals surface area contributed by atoms with Crippen LogP contribution in [0.25, 0.3) is 11.0 Å². The molecule has 0 amide bonds. The highest BCUT2D eigenvalue weighted by Crippen LogP contribution is 2.17. The third-order valence-electron chi connectivity index (χ3n) is 3.44. The Balaban J connectivity index is 2.15. The molecule has 1 aromatic heterocycles. The SMILES string of the molecule is CCn1c(CC(N)CCN(C)C)nc2ccccc21. The van der Waals surface area contributed by atoms with Crippen molar-refractivity contribution in [1.29, 1.82) is 0 Å². The van der Waals surface area contributed by atoms with Gasteiger partial charge in [-0.3, -0.25) is 0 Å². The largest absolute Gasteiger partial charge is 0.328 e. The zero-order chi connectivity index (χ0) is 13.8. The number of nitrogens with zero attached hydrogens (tertiary/aromatic N) is 3. The Kier molecular flexibility index (Phi) is 4.56. The minimum absolute atomic E-state index is 0.171. The monoisotopic (exact) mass is 260 g/mol. The minimum Gasteiger partial charge on any atom is -0.328 e. The van der Waals surface area contributed by atoms with Crippen LogP contribution < -0.4 is 5.73 Å². The molecule has 4 heteroatoms. The van der Waals surface area contributed by atoms with Gasteiger partial charge in [0.2, 0.25) is 0 Å². The fourth-order valence-electron chi connectivity index (χ4n) is 2.39. The molecule has 1 atom stereocenters. The Morgan fingerprint density at radius 1 is 1.32 bits per heavy atom. The highest BCUT2D eigenvalue weighted by atomic mass is 15.1. The molecule has 0 saturated heterocycles. The Morgan fingerprint density at radius 3 is 2.74 bits per heavy atom. The van der Waals surface area contributed by atoms with Crippen LogP contribution in [-0.2, 0) is 13.0 Å². The maximum absolute atomic E-state index is 6.22. The molecule has 2 aromatic rings. The molecule has 4 nitrogen and oxygen atoms in total. The molecule has 19 heavy (non-hydrogen) atoms. The van der Waals surface area contributed by atoms with Gasteiger partial charge in [-0.15, -0.1) is 0 Å². The molecule has 0 spiro atoms. The van der Waals surface area contributed by atoms with Gasteiger partial charge in [0.15, 0.2) is 0 Å². The van der Waals surface area contributed by atoms with E-state index in [1.54, 1.807) is 0 Å². The average molecular weight is 260 g/mol. The summed E-state index contributed by atoms with van der Waals surface area (Å²) in [6.45, 7) is 4.12. The van der Waals surface area contributed by atoms with Crippen molar-refractivity contribution in [1.82, 2.24) is 14.5 Å². The molecule has 1 aromatic carbocycles. The van der Waals surface area contributed by atoms with E-state index in [0.717, 1.165) is 37.3 Å². The van der Waals surface area contributed by atoms with Crippen molar-refractivity contribution in [3.8, 4) is 0 Å². The van der Waals surface area contributed by atoms with E-state index in [-0.39, 0.29) is 6.04 Å². The predicted octanol–water partition coefficient (Wildman–Crippen LogP) is 1.88. The molecule has 0 aliphatic heterocycles. The maximum Gasteiger partial charge on any atom is 0.111 e. The van der Waals surface area contributed by atoms with Gasteiger partial charge in [0, 0.05) is 19.0 Å². The van der Waals surface area contributed by atoms with Gasteiger partial charge < -0.3 is 15.2 Å². The van der Waals surface area contributed by atoms with Crippen LogP contribution in [0, 0.1) is 0 Å². The van der Waals surface area contributed by atoms with E-state index in [1.807, 2.05) is 6.07 Å². The van der Waals surface area contributed by atoms with Gasteiger partial charge in [0.05, 0.1) is 11.0 Å². The van der Waals surface area contributed by atoms with Gasteiger partial charge >= 0.3 is 0 Å². The van der Waals surface area contributed by atoms with Crippen LogP contribution in [0.3, 0.4) is 0 Å². The lowest BCUT2D eigenvalue weighted by molar-refractivity contribution is 0.377. The number of para-hydroxylation sites is 2. The van der Waals surface area contributed by atoms with Gasteiger partial charge in [-0.05, 0) is 46.1 Å². The van der Waals surface area contributed by atoms with E-state index in [1.165, 1.54) is 5.52 Å². The number of nitrogens with two attached hydrogens (primary N) is 1. The standard InChI is InChI=1S/C15H24N4/c1-4-19-14-8-6-5-7-13(14)17-15(19)11-12(16)9-10-18(2)3/h5-8,12H,4,9-11,16H2,1-3H3. The number of hydrogen-bond donors (Lipinski definition) is 1. The summed E-state index contributed by atoms with van der Waals surface area (Å²) in [7, 11) is 4.15. The molecule has 104 valence electrons. The van der Waals surface area contributed by atoms with Gasteiger partial charge in [-0.2, -0.15) is 0 Å². The van der Waals surface area contributed by atoms with Crippen molar-refractivity contribution in [3.05, 3.63) is 30.1 Å². The van der Waals surface area contributed by atoms with Gasteiger partial charge in [0.25, 0.3) is 0 Å². The zero-order valence-electron chi connectivity index (χ0n) is 12.1. The topological polar surface area (TPSA) is 47.1 Å². The Bertz CT molecular complexity index is 530. The minimum atomic E-state index is 0.171. The molecular formula is C15H24N4. The first-order valence-electron chi connectivity index (χ1n) is 6.96. The van der Waals surface area contributed by atoms with Gasteiger partial charge in [-0.25, -0.2) is 4.98 Å². The maximum atomic E-state index is 6.22. The Morgan fingerprint density at radius 2 is 2.05 bits per heavy atom. The number of benzene rings is 1. The van der Waals surface area contributed by atoms with Crippen molar-refractivity contribution in [2.45, 2.75) is 32.4 Å². The van der Waals surface area contributed by atoms with E-state index >= 15 is 0 Å². The molecule has 2 N–H and O–H groups in total. The first-order chi connectivity index (χ1) is 9.11. The molecule has 0 fully saturated rings. The molecule has 0 bridgehead atoms. The fourth-order valence-corrected chi connectivity index (χ4v) is 2.39. The average Bonchev–Trinajstić information content (AvgIpc) is 2.73. The molecule has 0 radical (unpaired) electrons. The number of fused-ring (bicyclic) bond motifs is 1. The van der Waals surface area contributed by atoms with E-state index in [9.17, 15) is 0 Å². The number of imidazole rings is 1. The molecular weight excluding hydrogens is 236 g/mol. The van der Waals surface area contributed by atoms with Crippen molar-refractivity contribution in [2.75, 3.05) is 20.6 Å². The van der Waals surface area contributed by atoms with Gasteiger partial charge in [0.1, 0.15) is 5.82 Å². The highest BCUT2D eigenvalue weighted by molar-refractivity contribution is 5.75. The first-order valence-corrected chi connectivity index (χ1v) is 6.96. The molecule has 0 saturated carbocycles. The lowest BCUT2D eigenvalue weighted by Crippen LogP contribution is -2.29. The summed E-state index contributed by atoms with van der Waals surface area (Å²) in [6.07, 6.45) is 1.84.